The summed E-state index contributed by atoms with van der Waals surface area (Å²) in [7, 11) is 0. The highest BCUT2D eigenvalue weighted by Crippen LogP contribution is 2.20. The maximum absolute atomic E-state index is 14.4. The number of nitrogens with one attached hydrogen (secondary N) is 7. The third-order valence-electron chi connectivity index (χ3n) is 9.49. The number of rotatable bonds is 24. The lowest BCUT2D eigenvalue weighted by atomic mass is 9.99. The minimum Gasteiger partial charge on any atom is -0.481 e. The van der Waals surface area contributed by atoms with Gasteiger partial charge in [0.2, 0.25) is 41.4 Å². The SMILES string of the molecule is CC(C)C[C@H](NC(=O)[C@H](Cc1ccccc1)NC(=O)[C@H](Cc1c[nH]c2ccccc12)NC(=O)[C@@H](NC(=O)[C@@H](N)CCC(=O)O)C(C)C)C(=O)N[C@@H](CS)C(=O)NCC(N)=O. The molecule has 12 N–H and O–H groups in total. The molecule has 0 radical (unpaired) electrons. The number of fused-ring (bicyclic) bond motifs is 1. The van der Waals surface area contributed by atoms with Gasteiger partial charge in [-0.25, -0.2) is 0 Å². The average molecular weight is 852 g/mol. The Balaban J connectivity index is 1.95. The quantitative estimate of drug-likeness (QED) is 0.0528. The highest BCUT2D eigenvalue weighted by molar-refractivity contribution is 7.80. The minimum atomic E-state index is -1.30. The van der Waals surface area contributed by atoms with Crippen molar-refractivity contribution < 1.29 is 43.5 Å². The fourth-order valence-electron chi connectivity index (χ4n) is 6.27. The third-order valence-corrected chi connectivity index (χ3v) is 9.86. The van der Waals surface area contributed by atoms with E-state index in [1.54, 1.807) is 50.4 Å². The van der Waals surface area contributed by atoms with Crippen LogP contribution in [0.25, 0.3) is 10.9 Å². The molecular weight excluding hydrogens is 795 g/mol. The second-order valence-corrected chi connectivity index (χ2v) is 15.6. The molecule has 0 aliphatic heterocycles. The summed E-state index contributed by atoms with van der Waals surface area (Å²) in [6, 6.07) is 8.88. The Bertz CT molecular complexity index is 1970. The topological polar surface area (TPSA) is 297 Å². The maximum Gasteiger partial charge on any atom is 0.303 e. The molecule has 0 unspecified atom stereocenters. The van der Waals surface area contributed by atoms with Gasteiger partial charge in [-0.3, -0.25) is 38.4 Å². The van der Waals surface area contributed by atoms with Gasteiger partial charge in [-0.1, -0.05) is 76.2 Å². The van der Waals surface area contributed by atoms with Crippen LogP contribution in [-0.2, 0) is 51.2 Å². The summed E-state index contributed by atoms with van der Waals surface area (Å²) in [4.78, 5) is 107. The number of carboxylic acid groups (broad SMARTS) is 1. The molecule has 18 nitrogen and oxygen atoms in total. The summed E-state index contributed by atoms with van der Waals surface area (Å²) < 4.78 is 0. The summed E-state index contributed by atoms with van der Waals surface area (Å²) >= 11 is 4.16. The standard InChI is InChI=1S/C41H57N9O9S/c1-22(2)16-29(38(56)49-32(21-60)37(55)45-20-33(43)51)46-39(57)30(17-24-10-6-5-7-11-24)47-40(58)31(18-25-19-44-28-13-9-8-12-26(25)28)48-41(59)35(23(3)4)50-36(54)27(42)14-15-34(52)53/h5-13,19,22-23,27,29-32,35,44,60H,14-18,20-21,42H2,1-4H3,(H2,43,51)(H,45,55)(H,46,57)(H,47,58)(H,48,59)(H,49,56)(H,50,54)(H,52,53)/t27-,29-,30-,31-,32-,35-/m0/s1. The molecule has 7 amide bonds. The normalized spacial score (nSPS) is 14.2. The van der Waals surface area contributed by atoms with E-state index >= 15 is 0 Å². The van der Waals surface area contributed by atoms with E-state index in [0.717, 1.165) is 10.9 Å². The lowest BCUT2D eigenvalue weighted by Crippen LogP contribution is -2.61. The van der Waals surface area contributed by atoms with Crippen LogP contribution in [0.15, 0.2) is 60.8 Å². The van der Waals surface area contributed by atoms with Crippen LogP contribution >= 0.6 is 12.6 Å². The first-order chi connectivity index (χ1) is 28.4. The summed E-state index contributed by atoms with van der Waals surface area (Å²) in [5.74, 6) is -7.00. The molecule has 0 aliphatic rings. The van der Waals surface area contributed by atoms with Crippen molar-refractivity contribution in [3.05, 3.63) is 71.9 Å². The van der Waals surface area contributed by atoms with Gasteiger partial charge in [-0.15, -0.1) is 0 Å². The molecule has 60 heavy (non-hydrogen) atoms. The Morgan fingerprint density at radius 3 is 1.87 bits per heavy atom. The fraction of sp³-hybridized carbons (Fsp3) is 0.463. The van der Waals surface area contributed by atoms with Gasteiger partial charge in [0.15, 0.2) is 0 Å². The first-order valence-corrected chi connectivity index (χ1v) is 20.3. The molecule has 1 heterocycles. The molecule has 0 spiro atoms. The second-order valence-electron chi connectivity index (χ2n) is 15.3. The van der Waals surface area contributed by atoms with Gasteiger partial charge in [0.1, 0.15) is 30.2 Å². The van der Waals surface area contributed by atoms with Crippen molar-refractivity contribution in [1.29, 1.82) is 0 Å². The number of primary amides is 1. The number of carbonyl (C=O) groups excluding carboxylic acids is 7. The molecular formula is C41H57N9O9S. The fourth-order valence-corrected chi connectivity index (χ4v) is 6.52. The summed E-state index contributed by atoms with van der Waals surface area (Å²) in [5.41, 5.74) is 13.2. The number of carbonyl (C=O) groups is 8. The van der Waals surface area contributed by atoms with Crippen LogP contribution < -0.4 is 43.4 Å². The number of nitrogens with two attached hydrogens (primary N) is 2. The molecule has 0 saturated heterocycles. The molecule has 0 fully saturated rings. The number of amides is 7. The summed E-state index contributed by atoms with van der Waals surface area (Å²) in [6.07, 6.45) is 1.27. The first kappa shape index (κ1) is 48.4. The lowest BCUT2D eigenvalue weighted by molar-refractivity contribution is -0.137. The Morgan fingerprint density at radius 2 is 1.27 bits per heavy atom. The number of aromatic nitrogens is 1. The van der Waals surface area contributed by atoms with Crippen molar-refractivity contribution in [1.82, 2.24) is 36.9 Å². The van der Waals surface area contributed by atoms with E-state index in [1.165, 1.54) is 0 Å². The molecule has 3 aromatic rings. The van der Waals surface area contributed by atoms with Gasteiger partial charge >= 0.3 is 5.97 Å². The number of thiol groups is 1. The number of aromatic amines is 1. The van der Waals surface area contributed by atoms with E-state index in [4.69, 9.17) is 16.6 Å². The molecule has 19 heteroatoms. The van der Waals surface area contributed by atoms with Gasteiger partial charge in [-0.05, 0) is 41.9 Å². The Hall–Kier alpha value is -5.95. The van der Waals surface area contributed by atoms with Crippen LogP contribution in [0.5, 0.6) is 0 Å². The van der Waals surface area contributed by atoms with Crippen LogP contribution in [0.3, 0.4) is 0 Å². The largest absolute Gasteiger partial charge is 0.481 e. The average Bonchev–Trinajstić information content (AvgIpc) is 3.61. The van der Waals surface area contributed by atoms with Crippen molar-refractivity contribution in [2.75, 3.05) is 12.3 Å². The maximum atomic E-state index is 14.4. The van der Waals surface area contributed by atoms with Crippen LogP contribution in [0, 0.1) is 11.8 Å². The monoisotopic (exact) mass is 851 g/mol. The minimum absolute atomic E-state index is 0.0180. The Labute approximate surface area is 353 Å². The molecule has 3 rings (SSSR count). The number of benzene rings is 2. The zero-order valence-electron chi connectivity index (χ0n) is 34.2. The van der Waals surface area contributed by atoms with Crippen molar-refractivity contribution in [3.8, 4) is 0 Å². The Kier molecular flexibility index (Phi) is 19.0. The number of hydrogen-bond donors (Lipinski definition) is 11. The molecule has 0 bridgehead atoms. The van der Waals surface area contributed by atoms with Crippen LogP contribution in [0.4, 0.5) is 0 Å². The molecule has 0 saturated carbocycles. The van der Waals surface area contributed by atoms with E-state index in [-0.39, 0.29) is 43.8 Å². The second kappa shape index (κ2) is 23.6. The van der Waals surface area contributed by atoms with Gasteiger partial charge in [-0.2, -0.15) is 12.6 Å². The Morgan fingerprint density at radius 1 is 0.700 bits per heavy atom. The van der Waals surface area contributed by atoms with Gasteiger partial charge in [0.05, 0.1) is 12.6 Å². The zero-order valence-corrected chi connectivity index (χ0v) is 35.1. The van der Waals surface area contributed by atoms with Crippen LogP contribution in [0.1, 0.15) is 58.1 Å². The number of hydrogen-bond acceptors (Lipinski definition) is 10. The molecule has 0 aliphatic carbocycles. The molecule has 326 valence electrons. The number of aliphatic carboxylic acids is 1. The summed E-state index contributed by atoms with van der Waals surface area (Å²) in [5, 5.41) is 25.6. The molecule has 1 aromatic heterocycles. The zero-order chi connectivity index (χ0) is 44.5. The van der Waals surface area contributed by atoms with Crippen molar-refractivity contribution in [2.45, 2.75) is 96.1 Å². The predicted octanol–water partition coefficient (Wildman–Crippen LogP) is -0.197. The summed E-state index contributed by atoms with van der Waals surface area (Å²) in [6.45, 7) is 6.57. The van der Waals surface area contributed by atoms with Crippen LogP contribution in [0.2, 0.25) is 0 Å². The highest BCUT2D eigenvalue weighted by Gasteiger charge is 2.34. The lowest BCUT2D eigenvalue weighted by Gasteiger charge is -2.28. The van der Waals surface area contributed by atoms with Crippen molar-refractivity contribution in [2.24, 2.45) is 23.3 Å². The smallest absolute Gasteiger partial charge is 0.303 e. The number of para-hydroxylation sites is 1. The number of H-pyrrole nitrogens is 1. The predicted molar refractivity (Wildman–Crippen MR) is 227 cm³/mol. The van der Waals surface area contributed by atoms with E-state index < -0.39 is 96.0 Å². The van der Waals surface area contributed by atoms with Gasteiger partial charge < -0.3 is 53.5 Å². The van der Waals surface area contributed by atoms with Crippen molar-refractivity contribution >= 4 is 70.9 Å². The van der Waals surface area contributed by atoms with E-state index in [9.17, 15) is 38.4 Å². The van der Waals surface area contributed by atoms with E-state index in [2.05, 4.69) is 49.5 Å². The highest BCUT2D eigenvalue weighted by atomic mass is 32.1. The number of carboxylic acids is 1. The first-order valence-electron chi connectivity index (χ1n) is 19.6. The van der Waals surface area contributed by atoms with Gasteiger partial charge in [0.25, 0.3) is 0 Å². The molecule has 2 aromatic carbocycles. The van der Waals surface area contributed by atoms with Gasteiger partial charge in [0, 0.05) is 42.1 Å². The van der Waals surface area contributed by atoms with Crippen molar-refractivity contribution in [3.63, 3.8) is 0 Å². The molecule has 6 atom stereocenters. The van der Waals surface area contributed by atoms with E-state index in [0.29, 0.717) is 11.1 Å². The third kappa shape index (κ3) is 15.3. The van der Waals surface area contributed by atoms with Crippen LogP contribution in [-0.4, -0.2) is 106 Å². The van der Waals surface area contributed by atoms with E-state index in [1.807, 2.05) is 38.1 Å².